The number of halogens is 1. The number of hydrogen-bond acceptors (Lipinski definition) is 4. The number of hydrogen-bond donors (Lipinski definition) is 0. The molecule has 2 aromatic rings. The lowest BCUT2D eigenvalue weighted by Gasteiger charge is -2.10. The fourth-order valence-electron chi connectivity index (χ4n) is 1.72. The van der Waals surface area contributed by atoms with Crippen molar-refractivity contribution in [2.24, 2.45) is 5.16 Å². The van der Waals surface area contributed by atoms with Gasteiger partial charge in [0, 0.05) is 34.5 Å². The van der Waals surface area contributed by atoms with Gasteiger partial charge >= 0.3 is 0 Å². The van der Waals surface area contributed by atoms with Crippen LogP contribution >= 0.6 is 15.9 Å². The summed E-state index contributed by atoms with van der Waals surface area (Å²) < 4.78 is 1.04. The quantitative estimate of drug-likeness (QED) is 0.457. The average molecular weight is 348 g/mol. The van der Waals surface area contributed by atoms with Crippen molar-refractivity contribution >= 4 is 21.6 Å². The van der Waals surface area contributed by atoms with Crippen molar-refractivity contribution in [2.75, 3.05) is 27.2 Å². The van der Waals surface area contributed by atoms with Crippen LogP contribution in [0.4, 0.5) is 0 Å². The highest BCUT2D eigenvalue weighted by Gasteiger charge is 2.08. The number of pyridine rings is 1. The Labute approximate surface area is 133 Å². The number of rotatable bonds is 6. The summed E-state index contributed by atoms with van der Waals surface area (Å²) in [6.07, 6.45) is 3.51. The molecule has 0 N–H and O–H groups in total. The molecule has 1 aromatic carbocycles. The maximum atomic E-state index is 5.46. The first-order chi connectivity index (χ1) is 10.2. The molecule has 0 aliphatic heterocycles. The van der Waals surface area contributed by atoms with Crippen LogP contribution in [0.15, 0.2) is 58.4 Å². The zero-order valence-electron chi connectivity index (χ0n) is 12.2. The first kappa shape index (κ1) is 15.7. The van der Waals surface area contributed by atoms with Crippen molar-refractivity contribution in [1.29, 1.82) is 0 Å². The third-order valence-electron chi connectivity index (χ3n) is 2.86. The molecule has 0 saturated carbocycles. The molecule has 0 spiro atoms. The smallest absolute Gasteiger partial charge is 0.129 e. The molecule has 0 saturated heterocycles. The second-order valence-corrected chi connectivity index (χ2v) is 5.73. The Hall–Kier alpha value is -1.72. The molecule has 1 aromatic heterocycles. The van der Waals surface area contributed by atoms with Crippen LogP contribution in [-0.4, -0.2) is 42.8 Å². The van der Waals surface area contributed by atoms with Gasteiger partial charge < -0.3 is 9.74 Å². The molecule has 110 valence electrons. The number of aromatic nitrogens is 1. The highest BCUT2D eigenvalue weighted by Crippen LogP contribution is 2.15. The lowest BCUT2D eigenvalue weighted by Crippen LogP contribution is -2.17. The van der Waals surface area contributed by atoms with E-state index in [0.717, 1.165) is 27.9 Å². The van der Waals surface area contributed by atoms with E-state index in [1.807, 2.05) is 50.5 Å². The van der Waals surface area contributed by atoms with Crippen LogP contribution in [-0.2, 0) is 4.84 Å². The van der Waals surface area contributed by atoms with Crippen molar-refractivity contribution < 1.29 is 4.84 Å². The highest BCUT2D eigenvalue weighted by molar-refractivity contribution is 9.10. The van der Waals surface area contributed by atoms with Crippen molar-refractivity contribution in [3.63, 3.8) is 0 Å². The molecule has 5 heteroatoms. The Morgan fingerprint density at radius 2 is 1.71 bits per heavy atom. The molecule has 0 atom stereocenters. The summed E-state index contributed by atoms with van der Waals surface area (Å²) in [6, 6.07) is 11.9. The maximum absolute atomic E-state index is 5.46. The highest BCUT2D eigenvalue weighted by atomic mass is 79.9. The van der Waals surface area contributed by atoms with Gasteiger partial charge in [-0.3, -0.25) is 4.98 Å². The molecular formula is C16H18BrN3O. The Kier molecular flexibility index (Phi) is 5.90. The predicted octanol–water partition coefficient (Wildman–Crippen LogP) is 3.17. The van der Waals surface area contributed by atoms with Crippen molar-refractivity contribution in [1.82, 2.24) is 9.88 Å². The van der Waals surface area contributed by atoms with Crippen LogP contribution < -0.4 is 0 Å². The van der Waals surface area contributed by atoms with E-state index in [-0.39, 0.29) is 0 Å². The number of likely N-dealkylation sites (N-methyl/N-ethyl adjacent to an activating group) is 1. The Morgan fingerprint density at radius 1 is 1.10 bits per heavy atom. The minimum absolute atomic E-state index is 0.554. The predicted molar refractivity (Wildman–Crippen MR) is 88.5 cm³/mol. The van der Waals surface area contributed by atoms with Crippen LogP contribution in [0.3, 0.4) is 0 Å². The van der Waals surface area contributed by atoms with Gasteiger partial charge in [-0.05, 0) is 38.4 Å². The minimum Gasteiger partial charge on any atom is -0.394 e. The summed E-state index contributed by atoms with van der Waals surface area (Å²) in [5.41, 5.74) is 2.80. The van der Waals surface area contributed by atoms with Gasteiger partial charge in [0.05, 0.1) is 0 Å². The van der Waals surface area contributed by atoms with E-state index >= 15 is 0 Å². The lowest BCUT2D eigenvalue weighted by molar-refractivity contribution is 0.126. The zero-order valence-corrected chi connectivity index (χ0v) is 13.7. The SMILES string of the molecule is CN(C)CCO/N=C(/c1ccncc1)c1ccc(Br)cc1. The monoisotopic (exact) mass is 347 g/mol. The summed E-state index contributed by atoms with van der Waals surface area (Å²) in [7, 11) is 4.01. The molecule has 0 fully saturated rings. The van der Waals surface area contributed by atoms with Gasteiger partial charge in [-0.2, -0.15) is 0 Å². The molecule has 1 heterocycles. The van der Waals surface area contributed by atoms with Gasteiger partial charge in [-0.1, -0.05) is 33.2 Å². The molecule has 0 radical (unpaired) electrons. The van der Waals surface area contributed by atoms with Crippen LogP contribution in [0, 0.1) is 0 Å². The van der Waals surface area contributed by atoms with Crippen LogP contribution in [0.25, 0.3) is 0 Å². The average Bonchev–Trinajstić information content (AvgIpc) is 2.49. The van der Waals surface area contributed by atoms with E-state index < -0.39 is 0 Å². The van der Waals surface area contributed by atoms with Crippen molar-refractivity contribution in [3.05, 3.63) is 64.4 Å². The van der Waals surface area contributed by atoms with E-state index in [1.165, 1.54) is 0 Å². The van der Waals surface area contributed by atoms with Gasteiger partial charge in [0.25, 0.3) is 0 Å². The summed E-state index contributed by atoms with van der Waals surface area (Å²) in [5, 5.41) is 4.31. The van der Waals surface area contributed by atoms with E-state index in [0.29, 0.717) is 6.61 Å². The molecular weight excluding hydrogens is 330 g/mol. The molecule has 0 aliphatic rings. The largest absolute Gasteiger partial charge is 0.394 e. The Bertz CT molecular complexity index is 582. The van der Waals surface area contributed by atoms with Gasteiger partial charge in [-0.15, -0.1) is 0 Å². The number of oxime groups is 1. The molecule has 4 nitrogen and oxygen atoms in total. The molecule has 0 aliphatic carbocycles. The summed E-state index contributed by atoms with van der Waals surface area (Å²) in [6.45, 7) is 1.38. The van der Waals surface area contributed by atoms with Gasteiger partial charge in [0.15, 0.2) is 0 Å². The summed E-state index contributed by atoms with van der Waals surface area (Å²) >= 11 is 3.44. The third kappa shape index (κ3) is 4.95. The first-order valence-corrected chi connectivity index (χ1v) is 7.47. The number of benzene rings is 1. The minimum atomic E-state index is 0.554. The Morgan fingerprint density at radius 3 is 2.33 bits per heavy atom. The van der Waals surface area contributed by atoms with E-state index in [9.17, 15) is 0 Å². The topological polar surface area (TPSA) is 37.7 Å². The molecule has 0 unspecified atom stereocenters. The van der Waals surface area contributed by atoms with Crippen LogP contribution in [0.1, 0.15) is 11.1 Å². The fourth-order valence-corrected chi connectivity index (χ4v) is 1.99. The summed E-state index contributed by atoms with van der Waals surface area (Å²) in [4.78, 5) is 11.6. The normalized spacial score (nSPS) is 11.7. The second kappa shape index (κ2) is 7.90. The maximum Gasteiger partial charge on any atom is 0.129 e. The number of nitrogens with zero attached hydrogens (tertiary/aromatic N) is 3. The standard InChI is InChI=1S/C16H18BrN3O/c1-20(2)11-12-21-19-16(14-7-9-18-10-8-14)13-3-5-15(17)6-4-13/h3-10H,11-12H2,1-2H3/b19-16+. The van der Waals surface area contributed by atoms with E-state index in [1.54, 1.807) is 12.4 Å². The van der Waals surface area contributed by atoms with Gasteiger partial charge in [0.1, 0.15) is 12.3 Å². The Balaban J connectivity index is 2.22. The first-order valence-electron chi connectivity index (χ1n) is 6.68. The van der Waals surface area contributed by atoms with Crippen LogP contribution in [0.5, 0.6) is 0 Å². The van der Waals surface area contributed by atoms with E-state index in [4.69, 9.17) is 4.84 Å². The zero-order chi connectivity index (χ0) is 15.1. The molecule has 0 amide bonds. The molecule has 21 heavy (non-hydrogen) atoms. The van der Waals surface area contributed by atoms with E-state index in [2.05, 4.69) is 31.0 Å². The van der Waals surface area contributed by atoms with Gasteiger partial charge in [-0.25, -0.2) is 0 Å². The van der Waals surface area contributed by atoms with Crippen LogP contribution in [0.2, 0.25) is 0 Å². The lowest BCUT2D eigenvalue weighted by atomic mass is 10.0. The summed E-state index contributed by atoms with van der Waals surface area (Å²) in [5.74, 6) is 0. The third-order valence-corrected chi connectivity index (χ3v) is 3.39. The van der Waals surface area contributed by atoms with Gasteiger partial charge in [0.2, 0.25) is 0 Å². The van der Waals surface area contributed by atoms with Crippen molar-refractivity contribution in [3.8, 4) is 0 Å². The molecule has 2 rings (SSSR count). The fraction of sp³-hybridized carbons (Fsp3) is 0.250. The molecule has 0 bridgehead atoms. The second-order valence-electron chi connectivity index (χ2n) is 4.82. The van der Waals surface area contributed by atoms with Crippen molar-refractivity contribution in [2.45, 2.75) is 0 Å².